The Kier molecular flexibility index (Phi) is 2.70. The molecule has 0 saturated carbocycles. The predicted octanol–water partition coefficient (Wildman–Crippen LogP) is 2.59. The van der Waals surface area contributed by atoms with Gasteiger partial charge in [0.25, 0.3) is 0 Å². The molecular weight excluding hydrogens is 208 g/mol. The van der Waals surface area contributed by atoms with Crippen molar-refractivity contribution in [2.75, 3.05) is 19.6 Å². The Morgan fingerprint density at radius 1 is 1.29 bits per heavy atom. The average molecular weight is 224 g/mol. The molecule has 1 aromatic carbocycles. The Hall–Kier alpha value is -1.59. The lowest BCUT2D eigenvalue weighted by Crippen LogP contribution is -2.37. The lowest BCUT2D eigenvalue weighted by atomic mass is 10.0. The smallest absolute Gasteiger partial charge is 0.0991 e. The van der Waals surface area contributed by atoms with Crippen LogP contribution in [-0.2, 0) is 6.42 Å². The highest BCUT2D eigenvalue weighted by atomic mass is 15.2. The van der Waals surface area contributed by atoms with Gasteiger partial charge in [-0.05, 0) is 61.2 Å². The molecule has 2 aliphatic rings. The average Bonchev–Trinajstić information content (AvgIpc) is 2.69. The van der Waals surface area contributed by atoms with Crippen LogP contribution < -0.4 is 0 Å². The van der Waals surface area contributed by atoms with Crippen LogP contribution in [0.15, 0.2) is 24.3 Å². The summed E-state index contributed by atoms with van der Waals surface area (Å²) in [6.45, 7) is 3.56. The van der Waals surface area contributed by atoms with E-state index >= 15 is 0 Å². The molecule has 0 amide bonds. The summed E-state index contributed by atoms with van der Waals surface area (Å²) in [6, 6.07) is 8.31. The van der Waals surface area contributed by atoms with Crippen LogP contribution in [0.25, 0.3) is 5.57 Å². The normalized spacial score (nSPS) is 21.0. The Bertz CT molecular complexity index is 504. The van der Waals surface area contributed by atoms with Gasteiger partial charge >= 0.3 is 0 Å². The van der Waals surface area contributed by atoms with E-state index in [1.165, 1.54) is 36.2 Å². The Morgan fingerprint density at radius 2 is 2.18 bits per heavy atom. The van der Waals surface area contributed by atoms with Gasteiger partial charge < -0.3 is 0 Å². The van der Waals surface area contributed by atoms with Gasteiger partial charge in [-0.25, -0.2) is 0 Å². The molecule has 2 heteroatoms. The fourth-order valence-electron chi connectivity index (χ4n) is 2.58. The zero-order chi connectivity index (χ0) is 11.7. The Labute approximate surface area is 102 Å². The van der Waals surface area contributed by atoms with E-state index in [1.807, 2.05) is 12.1 Å². The fraction of sp³-hybridized carbons (Fsp3) is 0.400. The van der Waals surface area contributed by atoms with Crippen LogP contribution in [0.5, 0.6) is 0 Å². The summed E-state index contributed by atoms with van der Waals surface area (Å²) in [4.78, 5) is 2.46. The molecule has 86 valence electrons. The van der Waals surface area contributed by atoms with E-state index in [9.17, 15) is 0 Å². The van der Waals surface area contributed by atoms with Crippen molar-refractivity contribution in [3.63, 3.8) is 0 Å². The van der Waals surface area contributed by atoms with Crippen molar-refractivity contribution >= 4 is 5.57 Å². The van der Waals surface area contributed by atoms with Crippen LogP contribution in [0.4, 0.5) is 0 Å². The number of nitriles is 1. The Morgan fingerprint density at radius 3 is 2.88 bits per heavy atom. The van der Waals surface area contributed by atoms with Gasteiger partial charge in [-0.2, -0.15) is 5.26 Å². The maximum atomic E-state index is 8.94. The topological polar surface area (TPSA) is 27.0 Å². The monoisotopic (exact) mass is 224 g/mol. The molecule has 1 aliphatic heterocycles. The molecule has 0 N–H and O–H groups in total. The standard InChI is InChI=1S/C15H16N2/c16-11-12-2-3-13-4-5-14(15(13)10-12)6-9-17-7-1-8-17/h2-3,6,10H,1,4-5,7-9H2/b14-6+. The lowest BCUT2D eigenvalue weighted by molar-refractivity contribution is 0.203. The third-order valence-corrected chi connectivity index (χ3v) is 3.79. The maximum absolute atomic E-state index is 8.94. The van der Waals surface area contributed by atoms with Gasteiger partial charge in [0.15, 0.2) is 0 Å². The molecule has 3 rings (SSSR count). The van der Waals surface area contributed by atoms with Crippen LogP contribution in [-0.4, -0.2) is 24.5 Å². The first kappa shape index (κ1) is 10.6. The summed E-state index contributed by atoms with van der Waals surface area (Å²) in [5.74, 6) is 0. The quantitative estimate of drug-likeness (QED) is 0.772. The molecule has 0 atom stereocenters. The number of nitrogens with zero attached hydrogens (tertiary/aromatic N) is 2. The molecule has 1 heterocycles. The van der Waals surface area contributed by atoms with Crippen LogP contribution >= 0.6 is 0 Å². The van der Waals surface area contributed by atoms with E-state index in [4.69, 9.17) is 5.26 Å². The zero-order valence-electron chi connectivity index (χ0n) is 9.95. The largest absolute Gasteiger partial charge is 0.300 e. The number of hydrogen-bond donors (Lipinski definition) is 0. The summed E-state index contributed by atoms with van der Waals surface area (Å²) in [6.07, 6.45) is 5.97. The summed E-state index contributed by atoms with van der Waals surface area (Å²) in [5, 5.41) is 8.94. The van der Waals surface area contributed by atoms with Crippen molar-refractivity contribution in [3.05, 3.63) is 41.0 Å². The van der Waals surface area contributed by atoms with Gasteiger partial charge in [0.1, 0.15) is 0 Å². The molecule has 1 aromatic rings. The molecule has 0 radical (unpaired) electrons. The fourth-order valence-corrected chi connectivity index (χ4v) is 2.58. The predicted molar refractivity (Wildman–Crippen MR) is 68.5 cm³/mol. The summed E-state index contributed by atoms with van der Waals surface area (Å²) in [5.41, 5.74) is 4.92. The molecule has 0 spiro atoms. The maximum Gasteiger partial charge on any atom is 0.0991 e. The lowest BCUT2D eigenvalue weighted by Gasteiger charge is -2.29. The first-order chi connectivity index (χ1) is 8.36. The number of rotatable bonds is 2. The third kappa shape index (κ3) is 1.99. The third-order valence-electron chi connectivity index (χ3n) is 3.79. The molecule has 0 bridgehead atoms. The minimum absolute atomic E-state index is 0.778. The number of likely N-dealkylation sites (tertiary alicyclic amines) is 1. The van der Waals surface area contributed by atoms with E-state index in [0.717, 1.165) is 24.9 Å². The summed E-state index contributed by atoms with van der Waals surface area (Å²) in [7, 11) is 0. The van der Waals surface area contributed by atoms with Crippen molar-refractivity contribution in [2.45, 2.75) is 19.3 Å². The highest BCUT2D eigenvalue weighted by molar-refractivity contribution is 5.73. The first-order valence-corrected chi connectivity index (χ1v) is 6.31. The van der Waals surface area contributed by atoms with Crippen LogP contribution in [0.1, 0.15) is 29.5 Å². The summed E-state index contributed by atoms with van der Waals surface area (Å²) >= 11 is 0. The second kappa shape index (κ2) is 4.35. The van der Waals surface area contributed by atoms with Crippen molar-refractivity contribution < 1.29 is 0 Å². The molecule has 2 nitrogen and oxygen atoms in total. The van der Waals surface area contributed by atoms with Gasteiger partial charge in [-0.3, -0.25) is 4.90 Å². The van der Waals surface area contributed by atoms with E-state index in [-0.39, 0.29) is 0 Å². The second-order valence-electron chi connectivity index (χ2n) is 4.87. The number of fused-ring (bicyclic) bond motifs is 1. The van der Waals surface area contributed by atoms with Crippen molar-refractivity contribution in [3.8, 4) is 6.07 Å². The number of hydrogen-bond acceptors (Lipinski definition) is 2. The van der Waals surface area contributed by atoms with Gasteiger partial charge in [-0.15, -0.1) is 0 Å². The molecule has 17 heavy (non-hydrogen) atoms. The van der Waals surface area contributed by atoms with Crippen LogP contribution in [0.3, 0.4) is 0 Å². The van der Waals surface area contributed by atoms with E-state index in [2.05, 4.69) is 23.1 Å². The van der Waals surface area contributed by atoms with E-state index in [0.29, 0.717) is 0 Å². The van der Waals surface area contributed by atoms with Crippen molar-refractivity contribution in [1.82, 2.24) is 4.90 Å². The first-order valence-electron chi connectivity index (χ1n) is 6.31. The number of benzene rings is 1. The number of allylic oxidation sites excluding steroid dienone is 1. The SMILES string of the molecule is N#Cc1ccc2c(c1)/C(=C/CN1CCC1)CC2. The highest BCUT2D eigenvalue weighted by Gasteiger charge is 2.17. The van der Waals surface area contributed by atoms with Gasteiger partial charge in [0.05, 0.1) is 11.6 Å². The van der Waals surface area contributed by atoms with Gasteiger partial charge in [-0.1, -0.05) is 12.1 Å². The van der Waals surface area contributed by atoms with Gasteiger partial charge in [0.2, 0.25) is 0 Å². The minimum Gasteiger partial charge on any atom is -0.300 e. The minimum atomic E-state index is 0.778. The van der Waals surface area contributed by atoms with Crippen molar-refractivity contribution in [2.24, 2.45) is 0 Å². The molecule has 1 saturated heterocycles. The molecule has 0 unspecified atom stereocenters. The highest BCUT2D eigenvalue weighted by Crippen LogP contribution is 2.32. The van der Waals surface area contributed by atoms with E-state index in [1.54, 1.807) is 0 Å². The Balaban J connectivity index is 1.83. The summed E-state index contributed by atoms with van der Waals surface area (Å²) < 4.78 is 0. The molecule has 1 fully saturated rings. The van der Waals surface area contributed by atoms with Crippen LogP contribution in [0, 0.1) is 11.3 Å². The molecule has 0 aromatic heterocycles. The molecule has 1 aliphatic carbocycles. The van der Waals surface area contributed by atoms with E-state index < -0.39 is 0 Å². The zero-order valence-corrected chi connectivity index (χ0v) is 9.95. The number of aryl methyl sites for hydroxylation is 1. The van der Waals surface area contributed by atoms with Crippen molar-refractivity contribution in [1.29, 1.82) is 5.26 Å². The van der Waals surface area contributed by atoms with Crippen LogP contribution in [0.2, 0.25) is 0 Å². The molecular formula is C15H16N2. The second-order valence-corrected chi connectivity index (χ2v) is 4.87. The van der Waals surface area contributed by atoms with Gasteiger partial charge in [0, 0.05) is 6.54 Å².